The van der Waals surface area contributed by atoms with Gasteiger partial charge in [-0.2, -0.15) is 0 Å². The normalized spacial score (nSPS) is 9.87. The number of halogens is 1. The number of carbonyl (C=O) groups excluding carboxylic acids is 2. The number of nitrogens with zero attached hydrogens (tertiary/aromatic N) is 1. The molecule has 23 heavy (non-hydrogen) atoms. The lowest BCUT2D eigenvalue weighted by molar-refractivity contribution is 0.0846. The number of pyridine rings is 1. The fourth-order valence-corrected chi connectivity index (χ4v) is 2.10. The second-order valence-electron chi connectivity index (χ2n) is 4.40. The third-order valence-electron chi connectivity index (χ3n) is 2.87. The predicted octanol–water partition coefficient (Wildman–Crippen LogP) is 1.94. The smallest absolute Gasteiger partial charge is 0.271 e. The van der Waals surface area contributed by atoms with E-state index < -0.39 is 11.8 Å². The molecule has 1 heterocycles. The van der Waals surface area contributed by atoms with Crippen LogP contribution in [0, 0.1) is 0 Å². The summed E-state index contributed by atoms with van der Waals surface area (Å²) in [6, 6.07) is 6.29. The SMILES string of the molecule is COc1cc(OC)cc(C(=O)NNC(=O)c2cncc(Br)c2)c1. The molecule has 0 bridgehead atoms. The summed E-state index contributed by atoms with van der Waals surface area (Å²) in [7, 11) is 2.97. The minimum Gasteiger partial charge on any atom is -0.497 e. The number of hydrogen-bond donors (Lipinski definition) is 2. The summed E-state index contributed by atoms with van der Waals surface area (Å²) in [6.07, 6.45) is 2.94. The summed E-state index contributed by atoms with van der Waals surface area (Å²) in [6.45, 7) is 0. The Morgan fingerprint density at radius 2 is 1.48 bits per heavy atom. The average molecular weight is 380 g/mol. The third kappa shape index (κ3) is 4.43. The lowest BCUT2D eigenvalue weighted by Crippen LogP contribution is -2.41. The zero-order valence-electron chi connectivity index (χ0n) is 12.4. The Kier molecular flexibility index (Phi) is 5.53. The number of hydrazine groups is 1. The van der Waals surface area contributed by atoms with E-state index in [0.29, 0.717) is 21.5 Å². The molecule has 0 saturated heterocycles. The first kappa shape index (κ1) is 16.8. The van der Waals surface area contributed by atoms with Crippen molar-refractivity contribution in [2.24, 2.45) is 0 Å². The molecular weight excluding hydrogens is 366 g/mol. The summed E-state index contributed by atoms with van der Waals surface area (Å²) >= 11 is 3.22. The Labute approximate surface area is 141 Å². The molecule has 0 atom stereocenters. The van der Waals surface area contributed by atoms with Gasteiger partial charge in [0.2, 0.25) is 0 Å². The Balaban J connectivity index is 2.06. The molecule has 1 aromatic carbocycles. The van der Waals surface area contributed by atoms with Crippen LogP contribution in [0.15, 0.2) is 41.1 Å². The molecule has 0 saturated carbocycles. The van der Waals surface area contributed by atoms with Gasteiger partial charge in [0.15, 0.2) is 0 Å². The number of nitrogens with one attached hydrogen (secondary N) is 2. The van der Waals surface area contributed by atoms with Gasteiger partial charge in [0.25, 0.3) is 11.8 Å². The number of benzene rings is 1. The largest absolute Gasteiger partial charge is 0.497 e. The second-order valence-corrected chi connectivity index (χ2v) is 5.32. The first-order chi connectivity index (χ1) is 11.0. The third-order valence-corrected chi connectivity index (χ3v) is 3.30. The molecule has 2 amide bonds. The Morgan fingerprint density at radius 1 is 0.913 bits per heavy atom. The highest BCUT2D eigenvalue weighted by Crippen LogP contribution is 2.22. The summed E-state index contributed by atoms with van der Waals surface area (Å²) < 4.78 is 10.9. The molecule has 0 unspecified atom stereocenters. The molecule has 8 heteroatoms. The van der Waals surface area contributed by atoms with Crippen LogP contribution in [-0.2, 0) is 0 Å². The number of aromatic nitrogens is 1. The molecule has 2 aromatic rings. The molecule has 2 N–H and O–H groups in total. The monoisotopic (exact) mass is 379 g/mol. The van der Waals surface area contributed by atoms with Crippen LogP contribution in [0.25, 0.3) is 0 Å². The van der Waals surface area contributed by atoms with E-state index in [1.807, 2.05) is 0 Å². The van der Waals surface area contributed by atoms with Crippen molar-refractivity contribution in [3.63, 3.8) is 0 Å². The van der Waals surface area contributed by atoms with Gasteiger partial charge in [0.1, 0.15) is 11.5 Å². The van der Waals surface area contributed by atoms with Crippen LogP contribution in [-0.4, -0.2) is 31.0 Å². The molecule has 1 aromatic heterocycles. The summed E-state index contributed by atoms with van der Waals surface area (Å²) in [5.41, 5.74) is 5.24. The van der Waals surface area contributed by atoms with Crippen LogP contribution in [0.4, 0.5) is 0 Å². The van der Waals surface area contributed by atoms with Gasteiger partial charge in [-0.25, -0.2) is 0 Å². The van der Waals surface area contributed by atoms with Gasteiger partial charge in [-0.3, -0.25) is 25.4 Å². The van der Waals surface area contributed by atoms with Gasteiger partial charge in [-0.05, 0) is 34.1 Å². The van der Waals surface area contributed by atoms with Crippen molar-refractivity contribution in [1.82, 2.24) is 15.8 Å². The molecule has 0 fully saturated rings. The maximum absolute atomic E-state index is 12.1. The molecule has 7 nitrogen and oxygen atoms in total. The summed E-state index contributed by atoms with van der Waals surface area (Å²) in [4.78, 5) is 27.9. The quantitative estimate of drug-likeness (QED) is 0.792. The van der Waals surface area contributed by atoms with Crippen molar-refractivity contribution in [2.45, 2.75) is 0 Å². The fraction of sp³-hybridized carbons (Fsp3) is 0.133. The Morgan fingerprint density at radius 3 is 2.00 bits per heavy atom. The minimum atomic E-state index is -0.501. The highest BCUT2D eigenvalue weighted by molar-refractivity contribution is 9.10. The molecular formula is C15H14BrN3O4. The van der Waals surface area contributed by atoms with Gasteiger partial charge >= 0.3 is 0 Å². The van der Waals surface area contributed by atoms with E-state index in [0.717, 1.165) is 0 Å². The van der Waals surface area contributed by atoms with Crippen LogP contribution in [0.1, 0.15) is 20.7 Å². The number of amides is 2. The Hall–Kier alpha value is -2.61. The standard InChI is InChI=1S/C15H14BrN3O4/c1-22-12-4-9(5-13(6-12)23-2)14(20)18-19-15(21)10-3-11(16)8-17-7-10/h3-8H,1-2H3,(H,18,20)(H,19,21). The van der Waals surface area contributed by atoms with Gasteiger partial charge in [0, 0.05) is 28.5 Å². The summed E-state index contributed by atoms with van der Waals surface area (Å²) in [5.74, 6) is -0.0467. The van der Waals surface area contributed by atoms with Crippen molar-refractivity contribution >= 4 is 27.7 Å². The number of carbonyl (C=O) groups is 2. The van der Waals surface area contributed by atoms with Crippen LogP contribution in [0.2, 0.25) is 0 Å². The van der Waals surface area contributed by atoms with Gasteiger partial charge in [-0.1, -0.05) is 0 Å². The van der Waals surface area contributed by atoms with E-state index >= 15 is 0 Å². The van der Waals surface area contributed by atoms with Crippen molar-refractivity contribution < 1.29 is 19.1 Å². The molecule has 2 rings (SSSR count). The van der Waals surface area contributed by atoms with Crippen LogP contribution in [0.5, 0.6) is 11.5 Å². The molecule has 0 radical (unpaired) electrons. The van der Waals surface area contributed by atoms with Crippen molar-refractivity contribution in [2.75, 3.05) is 14.2 Å². The lowest BCUT2D eigenvalue weighted by Gasteiger charge is -2.10. The number of methoxy groups -OCH3 is 2. The molecule has 0 aliphatic carbocycles. The maximum Gasteiger partial charge on any atom is 0.271 e. The van der Waals surface area contributed by atoms with Gasteiger partial charge < -0.3 is 9.47 Å². The minimum absolute atomic E-state index is 0.286. The molecule has 120 valence electrons. The first-order valence-corrected chi connectivity index (χ1v) is 7.27. The van der Waals surface area contributed by atoms with Crippen LogP contribution >= 0.6 is 15.9 Å². The lowest BCUT2D eigenvalue weighted by atomic mass is 10.2. The van der Waals surface area contributed by atoms with Crippen LogP contribution in [0.3, 0.4) is 0 Å². The molecule has 0 spiro atoms. The molecule has 0 aliphatic rings. The predicted molar refractivity (Wildman–Crippen MR) is 86.4 cm³/mol. The Bertz CT molecular complexity index is 714. The van der Waals surface area contributed by atoms with Crippen molar-refractivity contribution in [3.05, 3.63) is 52.3 Å². The van der Waals surface area contributed by atoms with E-state index in [2.05, 4.69) is 31.8 Å². The summed E-state index contributed by atoms with van der Waals surface area (Å²) in [5, 5.41) is 0. The zero-order chi connectivity index (χ0) is 16.8. The van der Waals surface area contributed by atoms with Gasteiger partial charge in [0.05, 0.1) is 19.8 Å². The number of hydrogen-bond acceptors (Lipinski definition) is 5. The van der Waals surface area contributed by atoms with Crippen LogP contribution < -0.4 is 20.3 Å². The zero-order valence-corrected chi connectivity index (χ0v) is 14.0. The molecule has 0 aliphatic heterocycles. The van der Waals surface area contributed by atoms with Crippen molar-refractivity contribution in [3.8, 4) is 11.5 Å². The van der Waals surface area contributed by atoms with Crippen molar-refractivity contribution in [1.29, 1.82) is 0 Å². The van der Waals surface area contributed by atoms with E-state index in [-0.39, 0.29) is 5.56 Å². The maximum atomic E-state index is 12.1. The second kappa shape index (κ2) is 7.59. The van der Waals surface area contributed by atoms with E-state index in [9.17, 15) is 9.59 Å². The number of rotatable bonds is 4. The number of ether oxygens (including phenoxy) is 2. The van der Waals surface area contributed by atoms with Gasteiger partial charge in [-0.15, -0.1) is 0 Å². The topological polar surface area (TPSA) is 89.5 Å². The van der Waals surface area contributed by atoms with E-state index in [4.69, 9.17) is 9.47 Å². The first-order valence-electron chi connectivity index (χ1n) is 6.48. The van der Waals surface area contributed by atoms with E-state index in [1.54, 1.807) is 18.3 Å². The highest BCUT2D eigenvalue weighted by atomic mass is 79.9. The highest BCUT2D eigenvalue weighted by Gasteiger charge is 2.12. The average Bonchev–Trinajstić information content (AvgIpc) is 2.58. The van der Waals surface area contributed by atoms with E-state index in [1.165, 1.54) is 32.5 Å². The fourth-order valence-electron chi connectivity index (χ4n) is 1.73.